The molecule has 0 fully saturated rings. The minimum absolute atomic E-state index is 0.579. The Labute approximate surface area is 116 Å². The van der Waals surface area contributed by atoms with E-state index in [1.807, 2.05) is 18.3 Å². The first-order valence-electron chi connectivity index (χ1n) is 6.18. The maximum atomic E-state index is 5.62. The number of aromatic amines is 1. The predicted molar refractivity (Wildman–Crippen MR) is 80.0 cm³/mol. The van der Waals surface area contributed by atoms with Crippen LogP contribution < -0.4 is 5.73 Å². The van der Waals surface area contributed by atoms with E-state index in [1.165, 1.54) is 10.4 Å². The van der Waals surface area contributed by atoms with Gasteiger partial charge in [-0.05, 0) is 30.2 Å². The molecule has 96 valence electrons. The Morgan fingerprint density at radius 1 is 1.21 bits per heavy atom. The molecule has 0 atom stereocenters. The lowest BCUT2D eigenvalue weighted by molar-refractivity contribution is 1.07. The lowest BCUT2D eigenvalue weighted by Crippen LogP contribution is -1.95. The van der Waals surface area contributed by atoms with Crippen LogP contribution in [0.3, 0.4) is 0 Å². The van der Waals surface area contributed by atoms with Crippen LogP contribution in [0.25, 0.3) is 21.1 Å². The van der Waals surface area contributed by atoms with Gasteiger partial charge in [-0.2, -0.15) is 0 Å². The van der Waals surface area contributed by atoms with Crippen LogP contribution in [-0.4, -0.2) is 9.97 Å². The molecule has 19 heavy (non-hydrogen) atoms. The van der Waals surface area contributed by atoms with Crippen LogP contribution in [-0.2, 0) is 6.54 Å². The van der Waals surface area contributed by atoms with E-state index in [0.717, 1.165) is 22.0 Å². The fraction of sp³-hybridized carbons (Fsp3) is 0.133. The van der Waals surface area contributed by atoms with E-state index in [4.69, 9.17) is 5.73 Å². The summed E-state index contributed by atoms with van der Waals surface area (Å²) in [5.41, 5.74) is 10.1. The number of H-pyrrole nitrogens is 1. The normalized spacial score (nSPS) is 10.8. The van der Waals surface area contributed by atoms with Gasteiger partial charge in [0, 0.05) is 12.7 Å². The van der Waals surface area contributed by atoms with E-state index in [9.17, 15) is 0 Å². The van der Waals surface area contributed by atoms with Gasteiger partial charge in [0.05, 0.1) is 16.3 Å². The van der Waals surface area contributed by atoms with Gasteiger partial charge >= 0.3 is 0 Å². The second-order valence-corrected chi connectivity index (χ2v) is 5.42. The maximum absolute atomic E-state index is 5.62. The van der Waals surface area contributed by atoms with E-state index >= 15 is 0 Å². The lowest BCUT2D eigenvalue weighted by Gasteiger charge is -2.00. The minimum Gasteiger partial charge on any atom is -0.359 e. The number of nitrogens with zero attached hydrogens (tertiary/aromatic N) is 1. The highest BCUT2D eigenvalue weighted by Gasteiger charge is 2.11. The summed E-state index contributed by atoms with van der Waals surface area (Å²) in [4.78, 5) is 9.05. The zero-order valence-corrected chi connectivity index (χ0v) is 11.5. The highest BCUT2D eigenvalue weighted by molar-refractivity contribution is 7.18. The highest BCUT2D eigenvalue weighted by atomic mass is 32.1. The van der Waals surface area contributed by atoms with E-state index in [-0.39, 0.29) is 0 Å². The van der Waals surface area contributed by atoms with Crippen LogP contribution in [0.2, 0.25) is 0 Å². The number of aryl methyl sites for hydroxylation is 1. The van der Waals surface area contributed by atoms with E-state index < -0.39 is 0 Å². The average molecular weight is 269 g/mol. The topological polar surface area (TPSA) is 54.7 Å². The molecule has 2 aromatic heterocycles. The molecule has 3 N–H and O–H groups in total. The summed E-state index contributed by atoms with van der Waals surface area (Å²) < 4.78 is 0. The van der Waals surface area contributed by atoms with Crippen molar-refractivity contribution < 1.29 is 0 Å². The third kappa shape index (κ3) is 2.32. The summed E-state index contributed by atoms with van der Waals surface area (Å²) in [6.07, 6.45) is 1.92. The van der Waals surface area contributed by atoms with Gasteiger partial charge in [-0.25, -0.2) is 4.98 Å². The molecule has 3 nitrogen and oxygen atoms in total. The Morgan fingerprint density at radius 2 is 2.00 bits per heavy atom. The molecule has 2 heterocycles. The van der Waals surface area contributed by atoms with Crippen LogP contribution in [0, 0.1) is 6.92 Å². The second kappa shape index (κ2) is 4.99. The molecule has 3 rings (SSSR count). The molecule has 0 aliphatic rings. The number of hydrogen-bond acceptors (Lipinski definition) is 3. The lowest BCUT2D eigenvalue weighted by atomic mass is 10.1. The van der Waals surface area contributed by atoms with E-state index in [0.29, 0.717) is 6.54 Å². The number of nitrogens with two attached hydrogens (primary N) is 1. The number of rotatable bonds is 3. The largest absolute Gasteiger partial charge is 0.359 e. The Morgan fingerprint density at radius 3 is 2.63 bits per heavy atom. The van der Waals surface area contributed by atoms with Crippen LogP contribution in [0.4, 0.5) is 0 Å². The van der Waals surface area contributed by atoms with Gasteiger partial charge in [0.25, 0.3) is 0 Å². The van der Waals surface area contributed by atoms with Gasteiger partial charge < -0.3 is 10.7 Å². The van der Waals surface area contributed by atoms with Crippen LogP contribution in [0.5, 0.6) is 0 Å². The van der Waals surface area contributed by atoms with Crippen molar-refractivity contribution in [3.05, 3.63) is 53.9 Å². The molecule has 0 amide bonds. The van der Waals surface area contributed by atoms with Gasteiger partial charge in [-0.1, -0.05) is 24.3 Å². The van der Waals surface area contributed by atoms with E-state index in [2.05, 4.69) is 41.2 Å². The molecule has 0 spiro atoms. The summed E-state index contributed by atoms with van der Waals surface area (Å²) in [5.74, 6) is 0. The first-order valence-corrected chi connectivity index (χ1v) is 7.00. The fourth-order valence-corrected chi connectivity index (χ4v) is 3.10. The number of aromatic nitrogens is 2. The molecule has 0 saturated carbocycles. The van der Waals surface area contributed by atoms with Gasteiger partial charge in [0.2, 0.25) is 0 Å². The van der Waals surface area contributed by atoms with Crippen molar-refractivity contribution in [1.29, 1.82) is 0 Å². The molecular formula is C15H15N3S. The monoisotopic (exact) mass is 269 g/mol. The van der Waals surface area contributed by atoms with Crippen molar-refractivity contribution in [3.8, 4) is 21.1 Å². The van der Waals surface area contributed by atoms with Crippen molar-refractivity contribution in [3.63, 3.8) is 0 Å². The molecule has 0 radical (unpaired) electrons. The zero-order chi connectivity index (χ0) is 13.2. The third-order valence-electron chi connectivity index (χ3n) is 3.08. The smallest absolute Gasteiger partial charge is 0.140 e. The van der Waals surface area contributed by atoms with Crippen LogP contribution in [0.15, 0.2) is 42.6 Å². The average Bonchev–Trinajstić information content (AvgIpc) is 3.08. The van der Waals surface area contributed by atoms with Crippen LogP contribution in [0.1, 0.15) is 11.3 Å². The second-order valence-electron chi connectivity index (χ2n) is 4.42. The predicted octanol–water partition coefficient (Wildman–Crippen LogP) is 3.57. The molecule has 4 heteroatoms. The quantitative estimate of drug-likeness (QED) is 0.763. The first-order chi connectivity index (χ1) is 9.28. The molecule has 0 saturated heterocycles. The Balaban J connectivity index is 2.00. The van der Waals surface area contributed by atoms with Crippen molar-refractivity contribution >= 4 is 11.3 Å². The summed E-state index contributed by atoms with van der Waals surface area (Å²) in [6, 6.07) is 12.4. The maximum Gasteiger partial charge on any atom is 0.140 e. The summed E-state index contributed by atoms with van der Waals surface area (Å²) in [6.45, 7) is 2.63. The van der Waals surface area contributed by atoms with Crippen molar-refractivity contribution in [2.75, 3.05) is 0 Å². The molecule has 0 bridgehead atoms. The third-order valence-corrected chi connectivity index (χ3v) is 4.32. The molecule has 0 aliphatic carbocycles. The summed E-state index contributed by atoms with van der Waals surface area (Å²) in [5, 5.41) is 1.03. The Bertz CT molecular complexity index is 666. The van der Waals surface area contributed by atoms with Crippen molar-refractivity contribution in [1.82, 2.24) is 9.97 Å². The molecule has 3 aromatic rings. The van der Waals surface area contributed by atoms with Crippen molar-refractivity contribution in [2.45, 2.75) is 13.5 Å². The van der Waals surface area contributed by atoms with Gasteiger partial charge in [0.1, 0.15) is 5.01 Å². The molecule has 1 aromatic carbocycles. The fourth-order valence-electron chi connectivity index (χ4n) is 2.04. The van der Waals surface area contributed by atoms with Crippen LogP contribution >= 0.6 is 11.3 Å². The first kappa shape index (κ1) is 12.1. The van der Waals surface area contributed by atoms with Crippen molar-refractivity contribution in [2.24, 2.45) is 5.73 Å². The SMILES string of the molecule is Cc1nc(-c2ccc[nH]2)sc1-c1ccc(CN)cc1. The number of benzene rings is 1. The van der Waals surface area contributed by atoms with Gasteiger partial charge in [0.15, 0.2) is 0 Å². The molecule has 0 aliphatic heterocycles. The van der Waals surface area contributed by atoms with Gasteiger partial charge in [-0.3, -0.25) is 0 Å². The standard InChI is InChI=1S/C15H15N3S/c1-10-14(12-6-4-11(9-16)5-7-12)19-15(18-10)13-3-2-8-17-13/h2-8,17H,9,16H2,1H3. The summed E-state index contributed by atoms with van der Waals surface area (Å²) >= 11 is 1.71. The minimum atomic E-state index is 0.579. The van der Waals surface area contributed by atoms with Gasteiger partial charge in [-0.15, -0.1) is 11.3 Å². The highest BCUT2D eigenvalue weighted by Crippen LogP contribution is 2.34. The number of nitrogens with one attached hydrogen (secondary N) is 1. The molecule has 0 unspecified atom stereocenters. The number of hydrogen-bond donors (Lipinski definition) is 2. The Hall–Kier alpha value is -1.91. The number of thiazole rings is 1. The Kier molecular flexibility index (Phi) is 3.19. The summed E-state index contributed by atoms with van der Waals surface area (Å²) in [7, 11) is 0. The molecular weight excluding hydrogens is 254 g/mol. The zero-order valence-electron chi connectivity index (χ0n) is 10.7. The van der Waals surface area contributed by atoms with E-state index in [1.54, 1.807) is 11.3 Å².